The molecule has 0 aliphatic carbocycles. The van der Waals surface area contributed by atoms with Crippen LogP contribution in [-0.4, -0.2) is 35.1 Å². The molecule has 1 atom stereocenters. The van der Waals surface area contributed by atoms with Crippen molar-refractivity contribution in [2.45, 2.75) is 32.2 Å². The third-order valence-electron chi connectivity index (χ3n) is 4.21. The van der Waals surface area contributed by atoms with Crippen LogP contribution in [0.25, 0.3) is 0 Å². The van der Waals surface area contributed by atoms with Crippen molar-refractivity contribution < 1.29 is 14.7 Å². The monoisotopic (exact) mass is 290 g/mol. The van der Waals surface area contributed by atoms with E-state index in [1.54, 1.807) is 29.2 Å². The number of carboxylic acid groups (broad SMARTS) is 1. The summed E-state index contributed by atoms with van der Waals surface area (Å²) in [6, 6.07) is 8.48. The SMILES string of the molecule is CC1CCN(C(=O)NC(C)(C(=O)O)c2ccccc2)CC1. The topological polar surface area (TPSA) is 69.6 Å². The Kier molecular flexibility index (Phi) is 4.50. The number of aliphatic carboxylic acids is 1. The molecule has 0 aromatic heterocycles. The van der Waals surface area contributed by atoms with Gasteiger partial charge < -0.3 is 15.3 Å². The summed E-state index contributed by atoms with van der Waals surface area (Å²) in [6.07, 6.45) is 1.92. The zero-order valence-electron chi connectivity index (χ0n) is 12.5. The van der Waals surface area contributed by atoms with E-state index < -0.39 is 11.5 Å². The van der Waals surface area contributed by atoms with Gasteiger partial charge in [0.1, 0.15) is 0 Å². The summed E-state index contributed by atoms with van der Waals surface area (Å²) in [7, 11) is 0. The smallest absolute Gasteiger partial charge is 0.333 e. The van der Waals surface area contributed by atoms with Crippen LogP contribution >= 0.6 is 0 Å². The Morgan fingerprint density at radius 2 is 1.81 bits per heavy atom. The molecule has 5 heteroatoms. The number of urea groups is 1. The van der Waals surface area contributed by atoms with Crippen LogP contribution in [-0.2, 0) is 10.3 Å². The van der Waals surface area contributed by atoms with Gasteiger partial charge in [-0.25, -0.2) is 9.59 Å². The number of carbonyl (C=O) groups excluding carboxylic acids is 1. The number of carbonyl (C=O) groups is 2. The van der Waals surface area contributed by atoms with Crippen molar-refractivity contribution in [1.29, 1.82) is 0 Å². The minimum atomic E-state index is -1.42. The highest BCUT2D eigenvalue weighted by Gasteiger charge is 2.38. The first-order chi connectivity index (χ1) is 9.93. The van der Waals surface area contributed by atoms with Gasteiger partial charge in [-0.3, -0.25) is 0 Å². The molecular formula is C16H22N2O3. The molecule has 2 N–H and O–H groups in total. The van der Waals surface area contributed by atoms with Gasteiger partial charge in [-0.2, -0.15) is 0 Å². The quantitative estimate of drug-likeness (QED) is 0.898. The lowest BCUT2D eigenvalue weighted by atomic mass is 9.92. The number of hydrogen-bond acceptors (Lipinski definition) is 2. The van der Waals surface area contributed by atoms with Crippen molar-refractivity contribution in [2.75, 3.05) is 13.1 Å². The summed E-state index contributed by atoms with van der Waals surface area (Å²) in [5.41, 5.74) is -0.849. The van der Waals surface area contributed by atoms with Crippen molar-refractivity contribution in [3.05, 3.63) is 35.9 Å². The number of benzene rings is 1. The molecule has 21 heavy (non-hydrogen) atoms. The fourth-order valence-corrected chi connectivity index (χ4v) is 2.53. The molecule has 2 amide bonds. The summed E-state index contributed by atoms with van der Waals surface area (Å²) in [6.45, 7) is 5.05. The predicted octanol–water partition coefficient (Wildman–Crippen LogP) is 2.43. The summed E-state index contributed by atoms with van der Waals surface area (Å²) < 4.78 is 0. The van der Waals surface area contributed by atoms with E-state index in [0.29, 0.717) is 24.6 Å². The molecule has 0 radical (unpaired) electrons. The molecule has 1 heterocycles. The van der Waals surface area contributed by atoms with Crippen LogP contribution in [0.2, 0.25) is 0 Å². The van der Waals surface area contributed by atoms with Crippen molar-refractivity contribution >= 4 is 12.0 Å². The van der Waals surface area contributed by atoms with Crippen LogP contribution < -0.4 is 5.32 Å². The van der Waals surface area contributed by atoms with Gasteiger partial charge in [-0.15, -0.1) is 0 Å². The number of rotatable bonds is 3. The maximum Gasteiger partial charge on any atom is 0.333 e. The number of piperidine rings is 1. The molecule has 0 bridgehead atoms. The van der Waals surface area contributed by atoms with Gasteiger partial charge in [0.25, 0.3) is 0 Å². The Morgan fingerprint density at radius 1 is 1.24 bits per heavy atom. The minimum Gasteiger partial charge on any atom is -0.479 e. The Balaban J connectivity index is 2.13. The molecule has 1 unspecified atom stereocenters. The second kappa shape index (κ2) is 6.16. The van der Waals surface area contributed by atoms with Crippen LogP contribution in [0.5, 0.6) is 0 Å². The van der Waals surface area contributed by atoms with Gasteiger partial charge in [0.15, 0.2) is 5.54 Å². The second-order valence-corrected chi connectivity index (χ2v) is 5.90. The highest BCUT2D eigenvalue weighted by molar-refractivity contribution is 5.87. The van der Waals surface area contributed by atoms with Crippen LogP contribution in [0.1, 0.15) is 32.3 Å². The lowest BCUT2D eigenvalue weighted by molar-refractivity contribution is -0.144. The predicted molar refractivity (Wildman–Crippen MR) is 79.9 cm³/mol. The zero-order valence-corrected chi connectivity index (χ0v) is 12.5. The van der Waals surface area contributed by atoms with Gasteiger partial charge >= 0.3 is 12.0 Å². The van der Waals surface area contributed by atoms with E-state index >= 15 is 0 Å². The largest absolute Gasteiger partial charge is 0.479 e. The molecule has 1 saturated heterocycles. The Hall–Kier alpha value is -2.04. The third-order valence-corrected chi connectivity index (χ3v) is 4.21. The van der Waals surface area contributed by atoms with Crippen LogP contribution in [0.15, 0.2) is 30.3 Å². The number of nitrogens with zero attached hydrogens (tertiary/aromatic N) is 1. The summed E-state index contributed by atoms with van der Waals surface area (Å²) in [5.74, 6) is -0.443. The van der Waals surface area contributed by atoms with Gasteiger partial charge in [0.05, 0.1) is 0 Å². The summed E-state index contributed by atoms with van der Waals surface area (Å²) >= 11 is 0. The van der Waals surface area contributed by atoms with Crippen molar-refractivity contribution in [3.63, 3.8) is 0 Å². The first-order valence-corrected chi connectivity index (χ1v) is 7.29. The summed E-state index contributed by atoms with van der Waals surface area (Å²) in [4.78, 5) is 25.7. The normalized spacial score (nSPS) is 18.9. The fraction of sp³-hybridized carbons (Fsp3) is 0.500. The summed E-state index contributed by atoms with van der Waals surface area (Å²) in [5, 5.41) is 12.2. The Labute approximate surface area is 125 Å². The van der Waals surface area contributed by atoms with E-state index in [0.717, 1.165) is 12.8 Å². The standard InChI is InChI=1S/C16H22N2O3/c1-12-8-10-18(11-9-12)15(21)17-16(2,14(19)20)13-6-4-3-5-7-13/h3-7,12H,8-11H2,1-2H3,(H,17,21)(H,19,20). The van der Waals surface area contributed by atoms with Gasteiger partial charge in [0, 0.05) is 13.1 Å². The molecule has 1 aliphatic rings. The lowest BCUT2D eigenvalue weighted by Crippen LogP contribution is -2.55. The Bertz CT molecular complexity index is 510. The van der Waals surface area contributed by atoms with Crippen molar-refractivity contribution in [3.8, 4) is 0 Å². The van der Waals surface area contributed by atoms with E-state index in [1.807, 2.05) is 6.07 Å². The number of hydrogen-bond donors (Lipinski definition) is 2. The van der Waals surface area contributed by atoms with Crippen LogP contribution in [0.3, 0.4) is 0 Å². The van der Waals surface area contributed by atoms with Crippen molar-refractivity contribution in [2.24, 2.45) is 5.92 Å². The van der Waals surface area contributed by atoms with E-state index in [1.165, 1.54) is 6.92 Å². The number of likely N-dealkylation sites (tertiary alicyclic amines) is 1. The van der Waals surface area contributed by atoms with Gasteiger partial charge in [-0.1, -0.05) is 37.3 Å². The maximum absolute atomic E-state index is 12.3. The Morgan fingerprint density at radius 3 is 2.33 bits per heavy atom. The van der Waals surface area contributed by atoms with Crippen molar-refractivity contribution in [1.82, 2.24) is 10.2 Å². The molecule has 2 rings (SSSR count). The molecule has 1 aliphatic heterocycles. The molecular weight excluding hydrogens is 268 g/mol. The highest BCUT2D eigenvalue weighted by atomic mass is 16.4. The molecule has 1 aromatic carbocycles. The maximum atomic E-state index is 12.3. The third kappa shape index (κ3) is 3.35. The molecule has 5 nitrogen and oxygen atoms in total. The fourth-order valence-electron chi connectivity index (χ4n) is 2.53. The van der Waals surface area contributed by atoms with Crippen LogP contribution in [0.4, 0.5) is 4.79 Å². The van der Waals surface area contributed by atoms with Gasteiger partial charge in [0.2, 0.25) is 0 Å². The van der Waals surface area contributed by atoms with E-state index in [9.17, 15) is 14.7 Å². The molecule has 0 spiro atoms. The average Bonchev–Trinajstić information content (AvgIpc) is 2.48. The number of nitrogens with one attached hydrogen (secondary N) is 1. The van der Waals surface area contributed by atoms with E-state index in [2.05, 4.69) is 12.2 Å². The first-order valence-electron chi connectivity index (χ1n) is 7.29. The highest BCUT2D eigenvalue weighted by Crippen LogP contribution is 2.22. The first kappa shape index (κ1) is 15.4. The molecule has 114 valence electrons. The number of amides is 2. The molecule has 1 fully saturated rings. The van der Waals surface area contributed by atoms with E-state index in [-0.39, 0.29) is 6.03 Å². The second-order valence-electron chi connectivity index (χ2n) is 5.90. The molecule has 1 aromatic rings. The number of carboxylic acids is 1. The lowest BCUT2D eigenvalue weighted by Gasteiger charge is -2.34. The van der Waals surface area contributed by atoms with E-state index in [4.69, 9.17) is 0 Å². The zero-order chi connectivity index (χ0) is 15.5. The average molecular weight is 290 g/mol. The minimum absolute atomic E-state index is 0.310. The van der Waals surface area contributed by atoms with Gasteiger partial charge in [-0.05, 0) is 31.2 Å². The molecule has 0 saturated carbocycles. The van der Waals surface area contributed by atoms with Crippen LogP contribution in [0, 0.1) is 5.92 Å².